The first kappa shape index (κ1) is 23.6. The summed E-state index contributed by atoms with van der Waals surface area (Å²) < 4.78 is 5.69. The molecule has 5 heteroatoms. The van der Waals surface area contributed by atoms with Crippen molar-refractivity contribution < 1.29 is 24.5 Å². The first-order valence-electron chi connectivity index (χ1n) is 12.0. The zero-order chi connectivity index (χ0) is 24.2. The Bertz CT molecular complexity index is 1220. The van der Waals surface area contributed by atoms with E-state index in [0.717, 1.165) is 37.9 Å². The topological polar surface area (TPSA) is 83.8 Å². The second-order valence-corrected chi connectivity index (χ2v) is 8.72. The number of phenolic OH excluding ortho intramolecular Hbond substituents is 2. The van der Waals surface area contributed by atoms with Gasteiger partial charge in [-0.2, -0.15) is 0 Å². The summed E-state index contributed by atoms with van der Waals surface area (Å²) in [5, 5.41) is 21.9. The molecule has 1 aliphatic rings. The lowest BCUT2D eigenvalue weighted by molar-refractivity contribution is 0.0974. The molecule has 0 aliphatic heterocycles. The fraction of sp³-hybridized carbons (Fsp3) is 0.310. The third kappa shape index (κ3) is 4.30. The second-order valence-electron chi connectivity index (χ2n) is 8.72. The van der Waals surface area contributed by atoms with Crippen LogP contribution < -0.4 is 4.74 Å². The molecule has 3 aromatic carbocycles. The Labute approximate surface area is 200 Å². The summed E-state index contributed by atoms with van der Waals surface area (Å²) in [4.78, 5) is 26.6. The van der Waals surface area contributed by atoms with Gasteiger partial charge in [-0.3, -0.25) is 9.59 Å². The Morgan fingerprint density at radius 2 is 1.26 bits per heavy atom. The van der Waals surface area contributed by atoms with Gasteiger partial charge in [0, 0.05) is 16.7 Å². The number of ether oxygens (including phenoxy) is 1. The standard InChI is InChI=1S/C29H30O5/c1-3-5-7-8-19-11-14-22-24(26(19)30)28(32)23-16-15-21(27(31)25(23)29(22)33)18-9-12-20(13-10-18)34-17-6-4-2/h9-16,30-31H,3-8,17H2,1-2H3. The van der Waals surface area contributed by atoms with Crippen molar-refractivity contribution in [2.24, 2.45) is 0 Å². The Hall–Kier alpha value is -3.60. The van der Waals surface area contributed by atoms with Crippen molar-refractivity contribution in [1.29, 1.82) is 0 Å². The third-order valence-corrected chi connectivity index (χ3v) is 6.36. The minimum atomic E-state index is -0.459. The minimum absolute atomic E-state index is 0.0172. The second kappa shape index (κ2) is 10.1. The number of aromatic hydroxyl groups is 2. The lowest BCUT2D eigenvalue weighted by Crippen LogP contribution is -2.22. The molecule has 0 spiro atoms. The predicted octanol–water partition coefficient (Wildman–Crippen LogP) is 6.45. The number of hydrogen-bond acceptors (Lipinski definition) is 5. The molecule has 1 aliphatic carbocycles. The molecule has 0 unspecified atom stereocenters. The molecule has 0 aromatic heterocycles. The van der Waals surface area contributed by atoms with Crippen molar-refractivity contribution in [1.82, 2.24) is 0 Å². The normalized spacial score (nSPS) is 12.4. The van der Waals surface area contributed by atoms with Gasteiger partial charge in [0.05, 0.1) is 17.7 Å². The lowest BCUT2D eigenvalue weighted by atomic mass is 9.80. The highest BCUT2D eigenvalue weighted by Crippen LogP contribution is 2.42. The summed E-state index contributed by atoms with van der Waals surface area (Å²) >= 11 is 0. The monoisotopic (exact) mass is 458 g/mol. The van der Waals surface area contributed by atoms with E-state index in [0.29, 0.717) is 29.7 Å². The maximum atomic E-state index is 13.3. The van der Waals surface area contributed by atoms with E-state index >= 15 is 0 Å². The van der Waals surface area contributed by atoms with Crippen LogP contribution in [0.1, 0.15) is 83.4 Å². The number of fused-ring (bicyclic) bond motifs is 2. The van der Waals surface area contributed by atoms with Crippen LogP contribution >= 0.6 is 0 Å². The Balaban J connectivity index is 1.68. The number of carbonyl (C=O) groups excluding carboxylic acids is 2. The van der Waals surface area contributed by atoms with E-state index in [1.807, 2.05) is 24.3 Å². The van der Waals surface area contributed by atoms with E-state index in [9.17, 15) is 19.8 Å². The van der Waals surface area contributed by atoms with Crippen LogP contribution in [0.3, 0.4) is 0 Å². The number of rotatable bonds is 9. The van der Waals surface area contributed by atoms with Gasteiger partial charge >= 0.3 is 0 Å². The molecule has 0 fully saturated rings. The highest BCUT2D eigenvalue weighted by Gasteiger charge is 2.35. The number of hydrogen-bond donors (Lipinski definition) is 2. The molecule has 0 saturated heterocycles. The maximum absolute atomic E-state index is 13.3. The van der Waals surface area contributed by atoms with Crippen LogP contribution in [0, 0.1) is 0 Å². The molecule has 0 amide bonds. The molecule has 3 aromatic rings. The summed E-state index contributed by atoms with van der Waals surface area (Å²) in [7, 11) is 0. The van der Waals surface area contributed by atoms with Gasteiger partial charge in [-0.1, -0.05) is 51.3 Å². The summed E-state index contributed by atoms with van der Waals surface area (Å²) in [5.41, 5.74) is 2.09. The largest absolute Gasteiger partial charge is 0.507 e. The molecule has 2 N–H and O–H groups in total. The van der Waals surface area contributed by atoms with Gasteiger partial charge in [0.2, 0.25) is 0 Å². The van der Waals surface area contributed by atoms with Crippen LogP contribution in [0.25, 0.3) is 11.1 Å². The smallest absolute Gasteiger partial charge is 0.198 e. The molecule has 0 bridgehead atoms. The minimum Gasteiger partial charge on any atom is -0.507 e. The van der Waals surface area contributed by atoms with Crippen molar-refractivity contribution in [3.8, 4) is 28.4 Å². The SMILES string of the molecule is CCCCCc1ccc2c(c1O)C(=O)c1ccc(-c3ccc(OCCCC)cc3)c(O)c1C2=O. The number of carbonyl (C=O) groups is 2. The van der Waals surface area contributed by atoms with E-state index in [1.54, 1.807) is 24.3 Å². The summed E-state index contributed by atoms with van der Waals surface area (Å²) in [5.74, 6) is -0.521. The van der Waals surface area contributed by atoms with Gasteiger partial charge in [-0.15, -0.1) is 0 Å². The van der Waals surface area contributed by atoms with Crippen molar-refractivity contribution >= 4 is 11.6 Å². The predicted molar refractivity (Wildman–Crippen MR) is 132 cm³/mol. The molecule has 4 rings (SSSR count). The van der Waals surface area contributed by atoms with Crippen molar-refractivity contribution in [2.45, 2.75) is 52.4 Å². The summed E-state index contributed by atoms with van der Waals surface area (Å²) in [6, 6.07) is 13.8. The van der Waals surface area contributed by atoms with Crippen LogP contribution in [-0.2, 0) is 6.42 Å². The highest BCUT2D eigenvalue weighted by atomic mass is 16.5. The molecule has 0 saturated carbocycles. The van der Waals surface area contributed by atoms with Gasteiger partial charge in [0.1, 0.15) is 17.2 Å². The van der Waals surface area contributed by atoms with Gasteiger partial charge in [0.15, 0.2) is 11.6 Å². The average molecular weight is 459 g/mol. The van der Waals surface area contributed by atoms with Crippen molar-refractivity contribution in [2.75, 3.05) is 6.61 Å². The fourth-order valence-electron chi connectivity index (χ4n) is 4.40. The van der Waals surface area contributed by atoms with E-state index in [-0.39, 0.29) is 33.8 Å². The van der Waals surface area contributed by atoms with Gasteiger partial charge < -0.3 is 14.9 Å². The maximum Gasteiger partial charge on any atom is 0.198 e. The highest BCUT2D eigenvalue weighted by molar-refractivity contribution is 6.30. The average Bonchev–Trinajstić information content (AvgIpc) is 2.84. The Kier molecular flexibility index (Phi) is 7.01. The van der Waals surface area contributed by atoms with Crippen LogP contribution in [0.5, 0.6) is 17.2 Å². The molecule has 34 heavy (non-hydrogen) atoms. The van der Waals surface area contributed by atoms with E-state index < -0.39 is 11.6 Å². The van der Waals surface area contributed by atoms with Gasteiger partial charge in [-0.05, 0) is 60.7 Å². The van der Waals surface area contributed by atoms with Crippen LogP contribution in [0.15, 0.2) is 48.5 Å². The first-order valence-corrected chi connectivity index (χ1v) is 12.0. The summed E-state index contributed by atoms with van der Waals surface area (Å²) in [6.45, 7) is 4.84. The quantitative estimate of drug-likeness (QED) is 0.282. The Morgan fingerprint density at radius 3 is 1.91 bits per heavy atom. The van der Waals surface area contributed by atoms with E-state index in [4.69, 9.17) is 4.74 Å². The van der Waals surface area contributed by atoms with Crippen LogP contribution in [-0.4, -0.2) is 28.4 Å². The zero-order valence-corrected chi connectivity index (χ0v) is 19.7. The first-order chi connectivity index (χ1) is 16.5. The lowest BCUT2D eigenvalue weighted by Gasteiger charge is -2.22. The zero-order valence-electron chi connectivity index (χ0n) is 19.7. The summed E-state index contributed by atoms with van der Waals surface area (Å²) in [6.07, 6.45) is 5.63. The van der Waals surface area contributed by atoms with Crippen molar-refractivity contribution in [3.05, 3.63) is 76.3 Å². The number of phenols is 2. The van der Waals surface area contributed by atoms with Gasteiger partial charge in [-0.25, -0.2) is 0 Å². The molecule has 0 heterocycles. The van der Waals surface area contributed by atoms with Crippen LogP contribution in [0.4, 0.5) is 0 Å². The van der Waals surface area contributed by atoms with E-state index in [2.05, 4.69) is 13.8 Å². The molecule has 0 atom stereocenters. The van der Waals surface area contributed by atoms with E-state index in [1.165, 1.54) is 0 Å². The molecule has 5 nitrogen and oxygen atoms in total. The number of benzene rings is 3. The number of unbranched alkanes of at least 4 members (excludes halogenated alkanes) is 3. The van der Waals surface area contributed by atoms with Crippen LogP contribution in [0.2, 0.25) is 0 Å². The number of ketones is 2. The molecular weight excluding hydrogens is 428 g/mol. The molecule has 0 radical (unpaired) electrons. The number of aryl methyl sites for hydroxylation is 1. The third-order valence-electron chi connectivity index (χ3n) is 6.36. The Morgan fingerprint density at radius 1 is 0.676 bits per heavy atom. The molecule has 176 valence electrons. The molecular formula is C29H30O5. The van der Waals surface area contributed by atoms with Crippen molar-refractivity contribution in [3.63, 3.8) is 0 Å². The fourth-order valence-corrected chi connectivity index (χ4v) is 4.40. The van der Waals surface area contributed by atoms with Gasteiger partial charge in [0.25, 0.3) is 0 Å².